The number of halogens is 1. The highest BCUT2D eigenvalue weighted by Crippen LogP contribution is 2.22. The Kier molecular flexibility index (Phi) is 4.48. The second kappa shape index (κ2) is 5.93. The molecule has 2 unspecified atom stereocenters. The predicted octanol–water partition coefficient (Wildman–Crippen LogP) is 2.85. The van der Waals surface area contributed by atoms with Crippen molar-refractivity contribution >= 4 is 17.5 Å². The van der Waals surface area contributed by atoms with Crippen molar-refractivity contribution in [3.05, 3.63) is 34.3 Å². The summed E-state index contributed by atoms with van der Waals surface area (Å²) in [5, 5.41) is 0.698. The SMILES string of the molecule is Cc1cc(C(=O)N2CCCC(C(C)N)C2)ccc1Cl. The Bertz CT molecular complexity index is 473. The van der Waals surface area contributed by atoms with Crippen LogP contribution in [0.2, 0.25) is 5.02 Å². The van der Waals surface area contributed by atoms with Crippen molar-refractivity contribution in [3.63, 3.8) is 0 Å². The Morgan fingerprint density at radius 3 is 2.89 bits per heavy atom. The van der Waals surface area contributed by atoms with Gasteiger partial charge >= 0.3 is 0 Å². The van der Waals surface area contributed by atoms with Crippen LogP contribution in [0.25, 0.3) is 0 Å². The number of likely N-dealkylation sites (tertiary alicyclic amines) is 1. The monoisotopic (exact) mass is 280 g/mol. The summed E-state index contributed by atoms with van der Waals surface area (Å²) in [5.74, 6) is 0.496. The van der Waals surface area contributed by atoms with Gasteiger partial charge in [-0.05, 0) is 56.4 Å². The molecule has 1 aromatic carbocycles. The summed E-state index contributed by atoms with van der Waals surface area (Å²) in [6.07, 6.45) is 2.14. The highest BCUT2D eigenvalue weighted by molar-refractivity contribution is 6.31. The Morgan fingerprint density at radius 2 is 2.26 bits per heavy atom. The van der Waals surface area contributed by atoms with E-state index in [9.17, 15) is 4.79 Å². The molecule has 0 spiro atoms. The van der Waals surface area contributed by atoms with Gasteiger partial charge in [0.25, 0.3) is 5.91 Å². The Morgan fingerprint density at radius 1 is 1.53 bits per heavy atom. The summed E-state index contributed by atoms with van der Waals surface area (Å²) in [5.41, 5.74) is 7.61. The van der Waals surface area contributed by atoms with Gasteiger partial charge in [0.2, 0.25) is 0 Å². The molecular formula is C15H21ClN2O. The van der Waals surface area contributed by atoms with Crippen LogP contribution >= 0.6 is 11.6 Å². The third-order valence-corrected chi connectivity index (χ3v) is 4.32. The molecule has 2 rings (SSSR count). The minimum Gasteiger partial charge on any atom is -0.338 e. The molecule has 1 aliphatic heterocycles. The molecular weight excluding hydrogens is 260 g/mol. The summed E-state index contributed by atoms with van der Waals surface area (Å²) >= 11 is 5.99. The summed E-state index contributed by atoms with van der Waals surface area (Å²) in [4.78, 5) is 14.4. The molecule has 0 aromatic heterocycles. The van der Waals surface area contributed by atoms with Gasteiger partial charge in [0, 0.05) is 29.7 Å². The van der Waals surface area contributed by atoms with E-state index in [2.05, 4.69) is 0 Å². The van der Waals surface area contributed by atoms with Gasteiger partial charge in [-0.25, -0.2) is 0 Å². The molecule has 2 atom stereocenters. The largest absolute Gasteiger partial charge is 0.338 e. The first-order chi connectivity index (χ1) is 8.99. The topological polar surface area (TPSA) is 46.3 Å². The minimum atomic E-state index is 0.0881. The zero-order valence-corrected chi connectivity index (χ0v) is 12.3. The van der Waals surface area contributed by atoms with Gasteiger partial charge in [-0.15, -0.1) is 0 Å². The Balaban J connectivity index is 2.12. The van der Waals surface area contributed by atoms with Crippen LogP contribution in [0.3, 0.4) is 0 Å². The van der Waals surface area contributed by atoms with Gasteiger partial charge in [-0.2, -0.15) is 0 Å². The van der Waals surface area contributed by atoms with Crippen LogP contribution in [-0.4, -0.2) is 29.9 Å². The standard InChI is InChI=1S/C15H21ClN2O/c1-10-8-12(5-6-14(10)16)15(19)18-7-3-4-13(9-18)11(2)17/h5-6,8,11,13H,3-4,7,9,17H2,1-2H3. The zero-order valence-electron chi connectivity index (χ0n) is 11.5. The first-order valence-electron chi connectivity index (χ1n) is 6.80. The lowest BCUT2D eigenvalue weighted by molar-refractivity contribution is 0.0661. The average molecular weight is 281 g/mol. The summed E-state index contributed by atoms with van der Waals surface area (Å²) in [7, 11) is 0. The number of carbonyl (C=O) groups is 1. The Hall–Kier alpha value is -1.06. The van der Waals surface area contributed by atoms with Crippen LogP contribution in [-0.2, 0) is 0 Å². The molecule has 0 aliphatic carbocycles. The van der Waals surface area contributed by atoms with Gasteiger partial charge in [0.15, 0.2) is 0 Å². The van der Waals surface area contributed by atoms with Gasteiger partial charge in [0.05, 0.1) is 0 Å². The molecule has 2 N–H and O–H groups in total. The number of nitrogens with two attached hydrogens (primary N) is 1. The van der Waals surface area contributed by atoms with Crippen molar-refractivity contribution in [1.82, 2.24) is 4.90 Å². The number of hydrogen-bond acceptors (Lipinski definition) is 2. The fourth-order valence-electron chi connectivity index (χ4n) is 2.58. The molecule has 0 saturated carbocycles. The van der Waals surface area contributed by atoms with Crippen molar-refractivity contribution in [2.24, 2.45) is 11.7 Å². The third-order valence-electron chi connectivity index (χ3n) is 3.89. The number of aryl methyl sites for hydroxylation is 1. The third kappa shape index (κ3) is 3.28. The van der Waals surface area contributed by atoms with Gasteiger partial charge in [-0.3, -0.25) is 4.79 Å². The maximum atomic E-state index is 12.5. The van der Waals surface area contributed by atoms with Crippen LogP contribution in [0.1, 0.15) is 35.7 Å². The number of benzene rings is 1. The summed E-state index contributed by atoms with van der Waals surface area (Å²) in [6.45, 7) is 5.52. The Labute approximate surface area is 119 Å². The molecule has 1 heterocycles. The zero-order chi connectivity index (χ0) is 14.0. The molecule has 1 aromatic rings. The normalized spacial score (nSPS) is 21.3. The van der Waals surface area contributed by atoms with Crippen molar-refractivity contribution < 1.29 is 4.79 Å². The second-order valence-electron chi connectivity index (χ2n) is 5.48. The van der Waals surface area contributed by atoms with E-state index in [0.29, 0.717) is 16.5 Å². The molecule has 1 amide bonds. The molecule has 19 heavy (non-hydrogen) atoms. The number of piperidine rings is 1. The van der Waals surface area contributed by atoms with E-state index in [1.807, 2.05) is 24.8 Å². The van der Waals surface area contributed by atoms with Crippen LogP contribution < -0.4 is 5.73 Å². The smallest absolute Gasteiger partial charge is 0.253 e. The fraction of sp³-hybridized carbons (Fsp3) is 0.533. The van der Waals surface area contributed by atoms with E-state index >= 15 is 0 Å². The van der Waals surface area contributed by atoms with Crippen LogP contribution in [0.15, 0.2) is 18.2 Å². The minimum absolute atomic E-state index is 0.0881. The van der Waals surface area contributed by atoms with Crippen molar-refractivity contribution in [1.29, 1.82) is 0 Å². The summed E-state index contributed by atoms with van der Waals surface area (Å²) < 4.78 is 0. The molecule has 0 radical (unpaired) electrons. The predicted molar refractivity (Wildman–Crippen MR) is 78.5 cm³/mol. The molecule has 1 aliphatic rings. The quantitative estimate of drug-likeness (QED) is 0.905. The van der Waals surface area contributed by atoms with Gasteiger partial charge in [-0.1, -0.05) is 11.6 Å². The van der Waals surface area contributed by atoms with Gasteiger partial charge in [0.1, 0.15) is 0 Å². The average Bonchev–Trinajstić information content (AvgIpc) is 2.41. The molecule has 1 fully saturated rings. The van der Waals surface area contributed by atoms with Gasteiger partial charge < -0.3 is 10.6 Å². The fourth-order valence-corrected chi connectivity index (χ4v) is 2.70. The maximum absolute atomic E-state index is 12.5. The number of hydrogen-bond donors (Lipinski definition) is 1. The first-order valence-corrected chi connectivity index (χ1v) is 7.18. The van der Waals surface area contributed by atoms with E-state index < -0.39 is 0 Å². The number of nitrogens with zero attached hydrogens (tertiary/aromatic N) is 1. The highest BCUT2D eigenvalue weighted by atomic mass is 35.5. The molecule has 4 heteroatoms. The summed E-state index contributed by atoms with van der Waals surface area (Å²) in [6, 6.07) is 5.59. The van der Waals surface area contributed by atoms with E-state index in [4.69, 9.17) is 17.3 Å². The second-order valence-corrected chi connectivity index (χ2v) is 5.88. The lowest BCUT2D eigenvalue weighted by Gasteiger charge is -2.34. The highest BCUT2D eigenvalue weighted by Gasteiger charge is 2.26. The van der Waals surface area contributed by atoms with Crippen molar-refractivity contribution in [2.75, 3.05) is 13.1 Å². The molecule has 0 bridgehead atoms. The number of amides is 1. The lowest BCUT2D eigenvalue weighted by Crippen LogP contribution is -2.45. The lowest BCUT2D eigenvalue weighted by atomic mass is 9.92. The molecule has 104 valence electrons. The van der Waals surface area contributed by atoms with Crippen molar-refractivity contribution in [3.8, 4) is 0 Å². The van der Waals surface area contributed by atoms with E-state index in [-0.39, 0.29) is 11.9 Å². The maximum Gasteiger partial charge on any atom is 0.253 e. The van der Waals surface area contributed by atoms with E-state index in [1.165, 1.54) is 0 Å². The van der Waals surface area contributed by atoms with Crippen LogP contribution in [0, 0.1) is 12.8 Å². The van der Waals surface area contributed by atoms with Crippen molar-refractivity contribution in [2.45, 2.75) is 32.7 Å². The molecule has 3 nitrogen and oxygen atoms in total. The van der Waals surface area contributed by atoms with E-state index in [1.54, 1.807) is 12.1 Å². The number of rotatable bonds is 2. The van der Waals surface area contributed by atoms with Crippen LogP contribution in [0.4, 0.5) is 0 Å². The first kappa shape index (κ1) is 14.4. The molecule has 1 saturated heterocycles. The van der Waals surface area contributed by atoms with Crippen LogP contribution in [0.5, 0.6) is 0 Å². The number of carbonyl (C=O) groups excluding carboxylic acids is 1. The van der Waals surface area contributed by atoms with E-state index in [0.717, 1.165) is 31.5 Å².